The van der Waals surface area contributed by atoms with Crippen molar-refractivity contribution < 1.29 is 13.5 Å². The third-order valence-electron chi connectivity index (χ3n) is 3.48. The van der Waals surface area contributed by atoms with Crippen LogP contribution in [0.15, 0.2) is 52.9 Å². The maximum absolute atomic E-state index is 13.7. The molecule has 0 aliphatic heterocycles. The number of methoxy groups -OCH3 is 1. The predicted molar refractivity (Wildman–Crippen MR) is 79.8 cm³/mol. The van der Waals surface area contributed by atoms with Gasteiger partial charge in [-0.1, -0.05) is 24.3 Å². The van der Waals surface area contributed by atoms with E-state index in [4.69, 9.17) is 14.9 Å². The molecule has 0 spiro atoms. The molecule has 4 heteroatoms. The van der Waals surface area contributed by atoms with E-state index in [0.29, 0.717) is 12.2 Å². The minimum Gasteiger partial charge on any atom is -0.494 e. The minimum absolute atomic E-state index is 0.232. The number of nitrogens with two attached hydrogens (primary N) is 1. The van der Waals surface area contributed by atoms with Gasteiger partial charge in [-0.3, -0.25) is 0 Å². The third kappa shape index (κ3) is 2.76. The Morgan fingerprint density at radius 1 is 1.19 bits per heavy atom. The molecule has 1 unspecified atom stereocenters. The molecule has 3 rings (SSSR count). The summed E-state index contributed by atoms with van der Waals surface area (Å²) in [6.07, 6.45) is 0.501. The second-order valence-corrected chi connectivity index (χ2v) is 4.97. The zero-order valence-electron chi connectivity index (χ0n) is 11.7. The van der Waals surface area contributed by atoms with Crippen molar-refractivity contribution in [3.63, 3.8) is 0 Å². The Hall–Kier alpha value is -2.33. The van der Waals surface area contributed by atoms with Crippen molar-refractivity contribution >= 4 is 11.0 Å². The number of benzene rings is 2. The highest BCUT2D eigenvalue weighted by Crippen LogP contribution is 2.26. The fourth-order valence-electron chi connectivity index (χ4n) is 2.38. The molecule has 2 aromatic carbocycles. The van der Waals surface area contributed by atoms with Crippen LogP contribution < -0.4 is 10.5 Å². The molecule has 1 atom stereocenters. The Morgan fingerprint density at radius 2 is 2.00 bits per heavy atom. The molecule has 3 nitrogen and oxygen atoms in total. The van der Waals surface area contributed by atoms with Gasteiger partial charge < -0.3 is 14.9 Å². The topological polar surface area (TPSA) is 48.4 Å². The van der Waals surface area contributed by atoms with Crippen LogP contribution in [0, 0.1) is 5.82 Å². The standard InChI is InChI=1S/C17H16FNO2/c1-20-16-7-6-11(8-13(16)18)9-14(19)17-10-12-4-2-3-5-15(12)21-17/h2-8,10,14H,9,19H2,1H3. The molecule has 0 bridgehead atoms. The van der Waals surface area contributed by atoms with E-state index in [1.807, 2.05) is 36.4 Å². The van der Waals surface area contributed by atoms with Crippen LogP contribution in [0.5, 0.6) is 5.75 Å². The molecular formula is C17H16FNO2. The number of ether oxygens (including phenoxy) is 1. The van der Waals surface area contributed by atoms with Crippen molar-refractivity contribution in [3.8, 4) is 5.75 Å². The molecule has 2 N–H and O–H groups in total. The van der Waals surface area contributed by atoms with Gasteiger partial charge in [-0.15, -0.1) is 0 Å². The van der Waals surface area contributed by atoms with Gasteiger partial charge in [0.15, 0.2) is 11.6 Å². The highest BCUT2D eigenvalue weighted by Gasteiger charge is 2.14. The molecule has 0 radical (unpaired) electrons. The first kappa shape index (κ1) is 13.6. The summed E-state index contributed by atoms with van der Waals surface area (Å²) < 4.78 is 24.3. The van der Waals surface area contributed by atoms with Gasteiger partial charge in [0, 0.05) is 5.39 Å². The van der Waals surface area contributed by atoms with Crippen LogP contribution in [0.25, 0.3) is 11.0 Å². The summed E-state index contributed by atoms with van der Waals surface area (Å²) in [5, 5.41) is 1.02. The molecular weight excluding hydrogens is 269 g/mol. The Morgan fingerprint density at radius 3 is 2.71 bits per heavy atom. The van der Waals surface area contributed by atoms with Gasteiger partial charge in [-0.05, 0) is 36.2 Å². The quantitative estimate of drug-likeness (QED) is 0.792. The molecule has 0 saturated carbocycles. The lowest BCUT2D eigenvalue weighted by atomic mass is 10.0. The van der Waals surface area contributed by atoms with Crippen molar-refractivity contribution in [2.75, 3.05) is 7.11 Å². The minimum atomic E-state index is -0.383. The summed E-state index contributed by atoms with van der Waals surface area (Å²) in [5.41, 5.74) is 7.78. The van der Waals surface area contributed by atoms with E-state index in [1.165, 1.54) is 13.2 Å². The van der Waals surface area contributed by atoms with Crippen molar-refractivity contribution in [1.29, 1.82) is 0 Å². The monoisotopic (exact) mass is 285 g/mol. The smallest absolute Gasteiger partial charge is 0.165 e. The van der Waals surface area contributed by atoms with Gasteiger partial charge in [0.1, 0.15) is 11.3 Å². The van der Waals surface area contributed by atoms with Crippen molar-refractivity contribution in [2.24, 2.45) is 5.73 Å². The van der Waals surface area contributed by atoms with Gasteiger partial charge >= 0.3 is 0 Å². The van der Waals surface area contributed by atoms with E-state index in [1.54, 1.807) is 6.07 Å². The fourth-order valence-corrected chi connectivity index (χ4v) is 2.38. The van der Waals surface area contributed by atoms with E-state index >= 15 is 0 Å². The first-order valence-electron chi connectivity index (χ1n) is 6.74. The van der Waals surface area contributed by atoms with Gasteiger partial charge in [-0.25, -0.2) is 4.39 Å². The molecule has 1 heterocycles. The van der Waals surface area contributed by atoms with Crippen LogP contribution in [-0.2, 0) is 6.42 Å². The second-order valence-electron chi connectivity index (χ2n) is 4.97. The summed E-state index contributed by atoms with van der Waals surface area (Å²) in [7, 11) is 1.44. The summed E-state index contributed by atoms with van der Waals surface area (Å²) in [6.45, 7) is 0. The van der Waals surface area contributed by atoms with E-state index in [2.05, 4.69) is 0 Å². The van der Waals surface area contributed by atoms with E-state index in [0.717, 1.165) is 16.5 Å². The summed E-state index contributed by atoms with van der Waals surface area (Å²) in [4.78, 5) is 0. The van der Waals surface area contributed by atoms with E-state index in [-0.39, 0.29) is 17.6 Å². The number of fused-ring (bicyclic) bond motifs is 1. The molecule has 0 aliphatic carbocycles. The normalized spacial score (nSPS) is 12.5. The Labute approximate surface area is 122 Å². The van der Waals surface area contributed by atoms with Crippen LogP contribution in [0.2, 0.25) is 0 Å². The molecule has 0 fully saturated rings. The number of halogens is 1. The zero-order valence-corrected chi connectivity index (χ0v) is 11.7. The van der Waals surface area contributed by atoms with Crippen LogP contribution in [0.3, 0.4) is 0 Å². The van der Waals surface area contributed by atoms with Crippen LogP contribution in [0.1, 0.15) is 17.4 Å². The number of para-hydroxylation sites is 1. The molecule has 1 aromatic heterocycles. The Balaban J connectivity index is 1.82. The second kappa shape index (κ2) is 5.58. The maximum atomic E-state index is 13.7. The molecule has 0 aliphatic rings. The molecule has 0 saturated heterocycles. The average molecular weight is 285 g/mol. The van der Waals surface area contributed by atoms with E-state index in [9.17, 15) is 4.39 Å². The van der Waals surface area contributed by atoms with Crippen LogP contribution >= 0.6 is 0 Å². The van der Waals surface area contributed by atoms with Crippen LogP contribution in [0.4, 0.5) is 4.39 Å². The molecule has 3 aromatic rings. The number of furan rings is 1. The van der Waals surface area contributed by atoms with E-state index < -0.39 is 0 Å². The zero-order chi connectivity index (χ0) is 14.8. The third-order valence-corrected chi connectivity index (χ3v) is 3.48. The van der Waals surface area contributed by atoms with Gasteiger partial charge in [0.2, 0.25) is 0 Å². The highest BCUT2D eigenvalue weighted by molar-refractivity contribution is 5.77. The van der Waals surface area contributed by atoms with Crippen molar-refractivity contribution in [3.05, 3.63) is 65.7 Å². The Bertz CT molecular complexity index is 733. The predicted octanol–water partition coefficient (Wildman–Crippen LogP) is 3.82. The fraction of sp³-hybridized carbons (Fsp3) is 0.176. The number of hydrogen-bond donors (Lipinski definition) is 1. The van der Waals surface area contributed by atoms with Crippen molar-refractivity contribution in [2.45, 2.75) is 12.5 Å². The molecule has 108 valence electrons. The lowest BCUT2D eigenvalue weighted by molar-refractivity contribution is 0.386. The summed E-state index contributed by atoms with van der Waals surface area (Å²) in [6, 6.07) is 14.2. The summed E-state index contributed by atoms with van der Waals surface area (Å²) in [5.74, 6) is 0.551. The lowest BCUT2D eigenvalue weighted by Crippen LogP contribution is -2.12. The lowest BCUT2D eigenvalue weighted by Gasteiger charge is -2.10. The van der Waals surface area contributed by atoms with Gasteiger partial charge in [0.05, 0.1) is 13.2 Å². The molecule has 21 heavy (non-hydrogen) atoms. The average Bonchev–Trinajstić information content (AvgIpc) is 2.91. The first-order valence-corrected chi connectivity index (χ1v) is 6.74. The van der Waals surface area contributed by atoms with Gasteiger partial charge in [-0.2, -0.15) is 0 Å². The largest absolute Gasteiger partial charge is 0.494 e. The highest BCUT2D eigenvalue weighted by atomic mass is 19.1. The van der Waals surface area contributed by atoms with Crippen LogP contribution in [-0.4, -0.2) is 7.11 Å². The number of rotatable bonds is 4. The SMILES string of the molecule is COc1ccc(CC(N)c2cc3ccccc3o2)cc1F. The molecule has 0 amide bonds. The first-order chi connectivity index (χ1) is 10.2. The van der Waals surface area contributed by atoms with Crippen molar-refractivity contribution in [1.82, 2.24) is 0 Å². The Kier molecular flexibility index (Phi) is 3.62. The number of hydrogen-bond acceptors (Lipinski definition) is 3. The maximum Gasteiger partial charge on any atom is 0.165 e. The van der Waals surface area contributed by atoms with Gasteiger partial charge in [0.25, 0.3) is 0 Å². The summed E-state index contributed by atoms with van der Waals surface area (Å²) >= 11 is 0.